The van der Waals surface area contributed by atoms with Crippen molar-refractivity contribution in [2.45, 2.75) is 25.5 Å². The number of benzene rings is 2. The van der Waals surface area contributed by atoms with Crippen LogP contribution in [0, 0.1) is 6.92 Å². The first-order valence-corrected chi connectivity index (χ1v) is 11.0. The summed E-state index contributed by atoms with van der Waals surface area (Å²) in [6, 6.07) is 15.3. The van der Waals surface area contributed by atoms with E-state index >= 15 is 0 Å². The van der Waals surface area contributed by atoms with E-state index in [0.717, 1.165) is 39.5 Å². The minimum absolute atomic E-state index is 0.184. The van der Waals surface area contributed by atoms with Gasteiger partial charge >= 0.3 is 5.97 Å². The van der Waals surface area contributed by atoms with Crippen LogP contribution in [0.25, 0.3) is 28.4 Å². The Hall–Kier alpha value is -3.03. The Labute approximate surface area is 189 Å². The third-order valence-corrected chi connectivity index (χ3v) is 6.52. The summed E-state index contributed by atoms with van der Waals surface area (Å²) in [7, 11) is 1.98. The molecule has 0 amide bonds. The molecule has 158 valence electrons. The van der Waals surface area contributed by atoms with Crippen LogP contribution in [0.4, 0.5) is 0 Å². The second-order valence-corrected chi connectivity index (χ2v) is 8.49. The van der Waals surface area contributed by atoms with Crippen LogP contribution in [-0.4, -0.2) is 30.4 Å². The summed E-state index contributed by atoms with van der Waals surface area (Å²) in [6.45, 7) is 4.57. The molecule has 6 nitrogen and oxygen atoms in total. The molecule has 0 aliphatic rings. The predicted molar refractivity (Wildman–Crippen MR) is 125 cm³/mol. The minimum Gasteiger partial charge on any atom is -0.477 e. The molecule has 2 heterocycles. The first-order chi connectivity index (χ1) is 14.9. The van der Waals surface area contributed by atoms with Gasteiger partial charge in [-0.3, -0.25) is 0 Å². The summed E-state index contributed by atoms with van der Waals surface area (Å²) in [6.07, 6.45) is 1.72. The standard InChI is InChI=1S/C23H21ClN4O2S/c1-4-28-21(15-9-11-16(24)12-10-15)25-26-23(28)31-20(22(29)30)13-18-14(2)27(3)19-8-6-5-7-17(18)19/h5-13H,4H2,1-3H3,(H,29,30)/b20-13-. The monoisotopic (exact) mass is 452 g/mol. The highest BCUT2D eigenvalue weighted by atomic mass is 35.5. The molecule has 31 heavy (non-hydrogen) atoms. The molecule has 1 N–H and O–H groups in total. The molecule has 0 aliphatic heterocycles. The third kappa shape index (κ3) is 3.98. The van der Waals surface area contributed by atoms with Gasteiger partial charge in [0.2, 0.25) is 0 Å². The number of thioether (sulfide) groups is 1. The lowest BCUT2D eigenvalue weighted by molar-refractivity contribution is -0.131. The van der Waals surface area contributed by atoms with Gasteiger partial charge in [0, 0.05) is 46.3 Å². The van der Waals surface area contributed by atoms with Crippen LogP contribution >= 0.6 is 23.4 Å². The van der Waals surface area contributed by atoms with E-state index in [9.17, 15) is 9.90 Å². The van der Waals surface area contributed by atoms with Crippen LogP contribution in [0.15, 0.2) is 58.6 Å². The Bertz CT molecular complexity index is 1310. The van der Waals surface area contributed by atoms with E-state index in [0.29, 0.717) is 22.5 Å². The van der Waals surface area contributed by atoms with Gasteiger partial charge in [0.25, 0.3) is 0 Å². The molecule has 8 heteroatoms. The number of carbonyl (C=O) groups is 1. The molecule has 2 aromatic heterocycles. The van der Waals surface area contributed by atoms with Crippen LogP contribution in [-0.2, 0) is 18.4 Å². The molecule has 2 aromatic carbocycles. The summed E-state index contributed by atoms with van der Waals surface area (Å²) >= 11 is 7.10. The number of halogens is 1. The normalized spacial score (nSPS) is 11.9. The average molecular weight is 453 g/mol. The fourth-order valence-electron chi connectivity index (χ4n) is 3.56. The van der Waals surface area contributed by atoms with Gasteiger partial charge in [-0.2, -0.15) is 0 Å². The third-order valence-electron chi connectivity index (χ3n) is 5.27. The maximum Gasteiger partial charge on any atom is 0.342 e. The quantitative estimate of drug-likeness (QED) is 0.303. The zero-order chi connectivity index (χ0) is 22.1. The molecule has 0 saturated carbocycles. The molecular weight excluding hydrogens is 432 g/mol. The van der Waals surface area contributed by atoms with Crippen molar-refractivity contribution in [1.29, 1.82) is 0 Å². The van der Waals surface area contributed by atoms with E-state index in [4.69, 9.17) is 11.6 Å². The van der Waals surface area contributed by atoms with E-state index in [-0.39, 0.29) is 4.91 Å². The average Bonchev–Trinajstić information content (AvgIpc) is 3.28. The topological polar surface area (TPSA) is 72.9 Å². The second kappa shape index (κ2) is 8.61. The summed E-state index contributed by atoms with van der Waals surface area (Å²) in [5, 5.41) is 20.7. The highest BCUT2D eigenvalue weighted by Crippen LogP contribution is 2.33. The molecule has 0 spiro atoms. The van der Waals surface area contributed by atoms with Crippen LogP contribution in [0.5, 0.6) is 0 Å². The van der Waals surface area contributed by atoms with Crippen molar-refractivity contribution in [3.05, 3.63) is 69.7 Å². The van der Waals surface area contributed by atoms with E-state index in [1.807, 2.05) is 61.9 Å². The van der Waals surface area contributed by atoms with Crippen molar-refractivity contribution in [3.63, 3.8) is 0 Å². The molecule has 0 bridgehead atoms. The lowest BCUT2D eigenvalue weighted by Crippen LogP contribution is -2.03. The van der Waals surface area contributed by atoms with Gasteiger partial charge in [0.05, 0.1) is 0 Å². The largest absolute Gasteiger partial charge is 0.477 e. The molecular formula is C23H21ClN4O2S. The fraction of sp³-hybridized carbons (Fsp3) is 0.174. The smallest absolute Gasteiger partial charge is 0.342 e. The van der Waals surface area contributed by atoms with Crippen LogP contribution < -0.4 is 0 Å². The summed E-state index contributed by atoms with van der Waals surface area (Å²) < 4.78 is 3.97. The van der Waals surface area contributed by atoms with Crippen LogP contribution in [0.2, 0.25) is 5.02 Å². The zero-order valence-corrected chi connectivity index (χ0v) is 18.9. The number of rotatable bonds is 6. The van der Waals surface area contributed by atoms with Gasteiger partial charge in [-0.05, 0) is 62.0 Å². The number of carboxylic acids is 1. The first kappa shape index (κ1) is 21.2. The van der Waals surface area contributed by atoms with Crippen molar-refractivity contribution in [1.82, 2.24) is 19.3 Å². The first-order valence-electron chi connectivity index (χ1n) is 9.76. The molecule has 0 fully saturated rings. The Morgan fingerprint density at radius 1 is 1.16 bits per heavy atom. The lowest BCUT2D eigenvalue weighted by Gasteiger charge is -2.08. The van der Waals surface area contributed by atoms with Gasteiger partial charge < -0.3 is 14.2 Å². The Balaban J connectivity index is 1.76. The van der Waals surface area contributed by atoms with E-state index < -0.39 is 5.97 Å². The van der Waals surface area contributed by atoms with E-state index in [1.54, 1.807) is 18.2 Å². The summed E-state index contributed by atoms with van der Waals surface area (Å²) in [4.78, 5) is 12.3. The minimum atomic E-state index is -1.00. The Morgan fingerprint density at radius 3 is 2.55 bits per heavy atom. The van der Waals surface area contributed by atoms with Gasteiger partial charge in [0.1, 0.15) is 4.91 Å². The van der Waals surface area contributed by atoms with Gasteiger partial charge in [-0.15, -0.1) is 10.2 Å². The number of fused-ring (bicyclic) bond motifs is 1. The maximum absolute atomic E-state index is 12.1. The fourth-order valence-corrected chi connectivity index (χ4v) is 4.55. The molecule has 0 aliphatic carbocycles. The number of carboxylic acid groups (broad SMARTS) is 1. The van der Waals surface area contributed by atoms with Crippen LogP contribution in [0.3, 0.4) is 0 Å². The molecule has 4 aromatic rings. The van der Waals surface area contributed by atoms with Crippen molar-refractivity contribution in [2.75, 3.05) is 0 Å². The van der Waals surface area contributed by atoms with Gasteiger partial charge in [-0.1, -0.05) is 29.8 Å². The molecule has 0 radical (unpaired) electrons. The number of hydrogen-bond acceptors (Lipinski definition) is 4. The number of aryl methyl sites for hydroxylation is 1. The van der Waals surface area contributed by atoms with Gasteiger partial charge in [-0.25, -0.2) is 4.79 Å². The maximum atomic E-state index is 12.1. The number of para-hydroxylation sites is 1. The Morgan fingerprint density at radius 2 is 1.87 bits per heavy atom. The summed E-state index contributed by atoms with van der Waals surface area (Å²) in [5.41, 5.74) is 3.82. The lowest BCUT2D eigenvalue weighted by atomic mass is 10.1. The van der Waals surface area contributed by atoms with Crippen molar-refractivity contribution in [3.8, 4) is 11.4 Å². The van der Waals surface area contributed by atoms with Gasteiger partial charge in [0.15, 0.2) is 11.0 Å². The van der Waals surface area contributed by atoms with E-state index in [2.05, 4.69) is 14.8 Å². The van der Waals surface area contributed by atoms with Crippen molar-refractivity contribution >= 4 is 46.3 Å². The summed E-state index contributed by atoms with van der Waals surface area (Å²) in [5.74, 6) is -0.330. The number of nitrogens with zero attached hydrogens (tertiary/aromatic N) is 4. The highest BCUT2D eigenvalue weighted by molar-refractivity contribution is 8.04. The van der Waals surface area contributed by atoms with Crippen LogP contribution in [0.1, 0.15) is 18.2 Å². The van der Waals surface area contributed by atoms with Crippen molar-refractivity contribution in [2.24, 2.45) is 7.05 Å². The molecule has 0 unspecified atom stereocenters. The Kier molecular flexibility index (Phi) is 5.89. The van der Waals surface area contributed by atoms with E-state index in [1.165, 1.54) is 0 Å². The number of aromatic nitrogens is 4. The molecule has 0 atom stereocenters. The number of hydrogen-bond donors (Lipinski definition) is 1. The zero-order valence-electron chi connectivity index (χ0n) is 17.3. The highest BCUT2D eigenvalue weighted by Gasteiger charge is 2.20. The van der Waals surface area contributed by atoms with Crippen molar-refractivity contribution < 1.29 is 9.90 Å². The second-order valence-electron chi connectivity index (χ2n) is 7.05. The SMILES string of the molecule is CCn1c(S/C(=C\c2c(C)n(C)c3ccccc23)C(=O)O)nnc1-c1ccc(Cl)cc1. The predicted octanol–water partition coefficient (Wildman–Crippen LogP) is 5.64. The molecule has 0 saturated heterocycles. The number of aliphatic carboxylic acids is 1. The molecule has 4 rings (SSSR count).